The summed E-state index contributed by atoms with van der Waals surface area (Å²) in [7, 11) is -3.18. The zero-order valence-electron chi connectivity index (χ0n) is 17.7. The molecule has 3 rings (SSSR count). The first-order chi connectivity index (χ1) is 14.3. The van der Waals surface area contributed by atoms with Crippen molar-refractivity contribution in [2.24, 2.45) is 4.99 Å². The third-order valence-corrected chi connectivity index (χ3v) is 5.91. The average molecular weight is 559 g/mol. The quantitative estimate of drug-likeness (QED) is 0.258. The Hall–Kier alpha value is -2.14. The molecule has 0 radical (unpaired) electrons. The molecule has 1 aromatic heterocycles. The molecule has 2 N–H and O–H groups in total. The number of sulfone groups is 1. The lowest BCUT2D eigenvalue weighted by atomic mass is 10.1. The molecule has 3 aromatic rings. The fourth-order valence-electron chi connectivity index (χ4n) is 3.12. The first kappa shape index (κ1) is 25.1. The van der Waals surface area contributed by atoms with Crippen molar-refractivity contribution in [3.63, 3.8) is 0 Å². The highest BCUT2D eigenvalue weighted by molar-refractivity contribution is 14.0. The standard InChI is InChI=1S/C22H26FN3O3S.HI/c1-4-24-22(25-12-11-16-5-8-18(9-6-16)30(3,27)28)26-14-21-15(2)19-13-17(23)7-10-20(19)29-21;/h5-10,13H,4,11-12,14H2,1-3H3,(H2,24,25,26);1H. The van der Waals surface area contributed by atoms with Gasteiger partial charge in [-0.2, -0.15) is 0 Å². The van der Waals surface area contributed by atoms with Gasteiger partial charge in [-0.25, -0.2) is 17.8 Å². The van der Waals surface area contributed by atoms with Crippen molar-refractivity contribution in [3.05, 3.63) is 65.2 Å². The van der Waals surface area contributed by atoms with Crippen LogP contribution in [0.5, 0.6) is 0 Å². The van der Waals surface area contributed by atoms with Gasteiger partial charge in [-0.3, -0.25) is 0 Å². The molecule has 0 aliphatic rings. The molecule has 0 saturated heterocycles. The Morgan fingerprint density at radius 3 is 2.48 bits per heavy atom. The largest absolute Gasteiger partial charge is 0.459 e. The minimum Gasteiger partial charge on any atom is -0.459 e. The number of aryl methyl sites for hydroxylation is 1. The molecule has 9 heteroatoms. The van der Waals surface area contributed by atoms with E-state index in [9.17, 15) is 12.8 Å². The minimum atomic E-state index is -3.18. The van der Waals surface area contributed by atoms with Gasteiger partial charge in [0.25, 0.3) is 0 Å². The second-order valence-corrected chi connectivity index (χ2v) is 9.09. The third kappa shape index (κ3) is 6.67. The summed E-state index contributed by atoms with van der Waals surface area (Å²) in [4.78, 5) is 4.88. The Balaban J connectivity index is 0.00000341. The summed E-state index contributed by atoms with van der Waals surface area (Å²) in [5.41, 5.74) is 2.56. The van der Waals surface area contributed by atoms with Gasteiger partial charge < -0.3 is 15.1 Å². The number of furan rings is 1. The smallest absolute Gasteiger partial charge is 0.191 e. The van der Waals surface area contributed by atoms with E-state index in [1.54, 1.807) is 18.2 Å². The SMILES string of the molecule is CCNC(=NCc1oc2ccc(F)cc2c1C)NCCc1ccc(S(C)(=O)=O)cc1.I. The molecule has 168 valence electrons. The highest BCUT2D eigenvalue weighted by Crippen LogP contribution is 2.26. The highest BCUT2D eigenvalue weighted by atomic mass is 127. The summed E-state index contributed by atoms with van der Waals surface area (Å²) in [6, 6.07) is 11.4. The predicted molar refractivity (Wildman–Crippen MR) is 132 cm³/mol. The van der Waals surface area contributed by atoms with Crippen LogP contribution in [0.4, 0.5) is 4.39 Å². The monoisotopic (exact) mass is 559 g/mol. The normalized spacial score (nSPS) is 11.9. The summed E-state index contributed by atoms with van der Waals surface area (Å²) >= 11 is 0. The lowest BCUT2D eigenvalue weighted by Crippen LogP contribution is -2.38. The molecule has 0 saturated carbocycles. The zero-order chi connectivity index (χ0) is 21.7. The second kappa shape index (κ2) is 10.9. The van der Waals surface area contributed by atoms with E-state index in [1.165, 1.54) is 18.4 Å². The van der Waals surface area contributed by atoms with E-state index in [1.807, 2.05) is 26.0 Å². The van der Waals surface area contributed by atoms with E-state index in [2.05, 4.69) is 15.6 Å². The third-order valence-electron chi connectivity index (χ3n) is 4.78. The molecular weight excluding hydrogens is 532 g/mol. The van der Waals surface area contributed by atoms with Gasteiger partial charge in [-0.05, 0) is 56.2 Å². The summed E-state index contributed by atoms with van der Waals surface area (Å²) in [6.07, 6.45) is 1.92. The number of nitrogens with one attached hydrogen (secondary N) is 2. The molecule has 1 heterocycles. The molecule has 0 atom stereocenters. The van der Waals surface area contributed by atoms with Gasteiger partial charge in [0.15, 0.2) is 15.8 Å². The van der Waals surface area contributed by atoms with Crippen molar-refractivity contribution in [1.82, 2.24) is 10.6 Å². The van der Waals surface area contributed by atoms with E-state index >= 15 is 0 Å². The van der Waals surface area contributed by atoms with Crippen LogP contribution in [0.3, 0.4) is 0 Å². The maximum Gasteiger partial charge on any atom is 0.191 e. The van der Waals surface area contributed by atoms with Crippen molar-refractivity contribution >= 4 is 50.7 Å². The maximum absolute atomic E-state index is 13.5. The van der Waals surface area contributed by atoms with Crippen molar-refractivity contribution < 1.29 is 17.2 Å². The van der Waals surface area contributed by atoms with Crippen LogP contribution >= 0.6 is 24.0 Å². The molecule has 0 spiro atoms. The Morgan fingerprint density at radius 2 is 1.84 bits per heavy atom. The van der Waals surface area contributed by atoms with Crippen LogP contribution in [0, 0.1) is 12.7 Å². The number of guanidine groups is 1. The van der Waals surface area contributed by atoms with Crippen molar-refractivity contribution in [2.75, 3.05) is 19.3 Å². The fraction of sp³-hybridized carbons (Fsp3) is 0.318. The number of benzene rings is 2. The lowest BCUT2D eigenvalue weighted by Gasteiger charge is -2.11. The van der Waals surface area contributed by atoms with Gasteiger partial charge in [-0.1, -0.05) is 12.1 Å². The van der Waals surface area contributed by atoms with Crippen LogP contribution in [-0.2, 0) is 22.8 Å². The molecule has 0 aliphatic carbocycles. The molecule has 31 heavy (non-hydrogen) atoms. The van der Waals surface area contributed by atoms with Crippen molar-refractivity contribution in [1.29, 1.82) is 0 Å². The van der Waals surface area contributed by atoms with Crippen LogP contribution in [0.1, 0.15) is 23.8 Å². The highest BCUT2D eigenvalue weighted by Gasteiger charge is 2.11. The number of hydrogen-bond acceptors (Lipinski definition) is 4. The maximum atomic E-state index is 13.5. The number of hydrogen-bond donors (Lipinski definition) is 2. The van der Waals surface area contributed by atoms with Gasteiger partial charge in [0.05, 0.1) is 4.90 Å². The summed E-state index contributed by atoms with van der Waals surface area (Å²) in [5.74, 6) is 1.06. The van der Waals surface area contributed by atoms with Crippen molar-refractivity contribution in [3.8, 4) is 0 Å². The topological polar surface area (TPSA) is 83.7 Å². The van der Waals surface area contributed by atoms with Crippen LogP contribution in [-0.4, -0.2) is 33.7 Å². The van der Waals surface area contributed by atoms with E-state index in [-0.39, 0.29) is 29.8 Å². The minimum absolute atomic E-state index is 0. The summed E-state index contributed by atoms with van der Waals surface area (Å²) in [6.45, 7) is 5.56. The van der Waals surface area contributed by atoms with Gasteiger partial charge in [0.2, 0.25) is 0 Å². The molecule has 2 aromatic carbocycles. The fourth-order valence-corrected chi connectivity index (χ4v) is 3.75. The van der Waals surface area contributed by atoms with E-state index in [0.29, 0.717) is 41.8 Å². The van der Waals surface area contributed by atoms with Crippen LogP contribution < -0.4 is 10.6 Å². The van der Waals surface area contributed by atoms with E-state index in [0.717, 1.165) is 22.9 Å². The summed E-state index contributed by atoms with van der Waals surface area (Å²) < 4.78 is 42.4. The van der Waals surface area contributed by atoms with E-state index in [4.69, 9.17) is 4.42 Å². The van der Waals surface area contributed by atoms with Gasteiger partial charge in [0, 0.05) is 30.3 Å². The average Bonchev–Trinajstić information content (AvgIpc) is 3.01. The first-order valence-corrected chi connectivity index (χ1v) is 11.7. The molecular formula is C22H27FIN3O3S. The van der Waals surface area contributed by atoms with Crippen molar-refractivity contribution in [2.45, 2.75) is 31.7 Å². The van der Waals surface area contributed by atoms with E-state index < -0.39 is 9.84 Å². The second-order valence-electron chi connectivity index (χ2n) is 7.08. The molecule has 0 unspecified atom stereocenters. The summed E-state index contributed by atoms with van der Waals surface area (Å²) in [5, 5.41) is 7.21. The molecule has 6 nitrogen and oxygen atoms in total. The predicted octanol–water partition coefficient (Wildman–Crippen LogP) is 4.20. The molecule has 0 bridgehead atoms. The van der Waals surface area contributed by atoms with Crippen LogP contribution in [0.25, 0.3) is 11.0 Å². The first-order valence-electron chi connectivity index (χ1n) is 9.76. The van der Waals surface area contributed by atoms with Crippen LogP contribution in [0.15, 0.2) is 56.8 Å². The molecule has 0 amide bonds. The number of rotatable bonds is 7. The number of halogens is 2. The van der Waals surface area contributed by atoms with Gasteiger partial charge in [0.1, 0.15) is 23.7 Å². The lowest BCUT2D eigenvalue weighted by molar-refractivity contribution is 0.547. The Bertz CT molecular complexity index is 1160. The zero-order valence-corrected chi connectivity index (χ0v) is 20.9. The van der Waals surface area contributed by atoms with Gasteiger partial charge >= 0.3 is 0 Å². The molecule has 0 fully saturated rings. The Kier molecular flexibility index (Phi) is 8.87. The Labute approximate surface area is 199 Å². The molecule has 0 aliphatic heterocycles. The van der Waals surface area contributed by atoms with Crippen LogP contribution in [0.2, 0.25) is 0 Å². The number of fused-ring (bicyclic) bond motifs is 1. The Morgan fingerprint density at radius 1 is 1.13 bits per heavy atom. The number of nitrogens with zero attached hydrogens (tertiary/aromatic N) is 1. The number of aliphatic imine (C=N–C) groups is 1. The van der Waals surface area contributed by atoms with Gasteiger partial charge in [-0.15, -0.1) is 24.0 Å².